The van der Waals surface area contributed by atoms with E-state index in [1.807, 2.05) is 30.3 Å². The van der Waals surface area contributed by atoms with E-state index in [0.29, 0.717) is 12.1 Å². The van der Waals surface area contributed by atoms with Crippen LogP contribution in [0.1, 0.15) is 35.1 Å². The highest BCUT2D eigenvalue weighted by molar-refractivity contribution is 5.89. The predicted molar refractivity (Wildman–Crippen MR) is 131 cm³/mol. The third-order valence-electron chi connectivity index (χ3n) is 7.00. The van der Waals surface area contributed by atoms with Crippen molar-refractivity contribution in [1.82, 2.24) is 20.0 Å². The number of hydrogen-bond donors (Lipinski definition) is 3. The molecule has 2 heterocycles. The molecule has 40 heavy (non-hydrogen) atoms. The summed E-state index contributed by atoms with van der Waals surface area (Å²) in [5, 5.41) is 13.6. The lowest BCUT2D eigenvalue weighted by Crippen LogP contribution is -2.72. The maximum absolute atomic E-state index is 13.3. The number of benzene rings is 2. The summed E-state index contributed by atoms with van der Waals surface area (Å²) >= 11 is 0. The van der Waals surface area contributed by atoms with Crippen molar-refractivity contribution in [3.8, 4) is 0 Å². The van der Waals surface area contributed by atoms with Crippen molar-refractivity contribution < 1.29 is 41.0 Å². The zero-order valence-corrected chi connectivity index (χ0v) is 21.3. The lowest BCUT2D eigenvalue weighted by atomic mass is 10.0. The molecule has 2 amide bonds. The molecule has 14 heteroatoms. The Morgan fingerprint density at radius 2 is 1.60 bits per heavy atom. The van der Waals surface area contributed by atoms with Crippen molar-refractivity contribution in [2.75, 3.05) is 19.6 Å². The van der Waals surface area contributed by atoms with Gasteiger partial charge in [0.05, 0.1) is 17.7 Å². The molecule has 0 radical (unpaired) electrons. The summed E-state index contributed by atoms with van der Waals surface area (Å²) in [4.78, 5) is 30.6. The number of halogens is 6. The summed E-state index contributed by atoms with van der Waals surface area (Å²) in [7, 11) is 0. The summed E-state index contributed by atoms with van der Waals surface area (Å²) in [5.74, 6) is -0.612. The molecule has 2 aromatic rings. The first-order chi connectivity index (χ1) is 18.8. The minimum atomic E-state index is -5.00. The first-order valence-corrected chi connectivity index (χ1v) is 12.6. The molecule has 2 aliphatic heterocycles. The van der Waals surface area contributed by atoms with Crippen LogP contribution >= 0.6 is 0 Å². The van der Waals surface area contributed by atoms with E-state index in [1.54, 1.807) is 4.90 Å². The largest absolute Gasteiger partial charge is 0.416 e. The molecule has 4 rings (SSSR count). The van der Waals surface area contributed by atoms with E-state index < -0.39 is 48.6 Å². The van der Waals surface area contributed by atoms with Crippen LogP contribution in [0.3, 0.4) is 0 Å². The molecule has 2 fully saturated rings. The second kappa shape index (κ2) is 11.7. The summed E-state index contributed by atoms with van der Waals surface area (Å²) < 4.78 is 79.5. The molecule has 1 unspecified atom stereocenters. The molecule has 8 nitrogen and oxygen atoms in total. The molecule has 3 atom stereocenters. The zero-order valence-electron chi connectivity index (χ0n) is 21.3. The number of nitrogens with two attached hydrogens (primary N) is 1. The summed E-state index contributed by atoms with van der Waals surface area (Å²) in [5.41, 5.74) is 3.31. The minimum Gasteiger partial charge on any atom is -0.365 e. The molecule has 2 aromatic carbocycles. The molecule has 218 valence electrons. The van der Waals surface area contributed by atoms with Gasteiger partial charge >= 0.3 is 12.4 Å². The number of nitrogens with zero attached hydrogens (tertiary/aromatic N) is 3. The van der Waals surface area contributed by atoms with Gasteiger partial charge in [-0.1, -0.05) is 30.3 Å². The molecule has 4 N–H and O–H groups in total. The van der Waals surface area contributed by atoms with E-state index in [2.05, 4.69) is 5.32 Å². The third kappa shape index (κ3) is 6.57. The number of aliphatic hydroxyl groups is 1. The van der Waals surface area contributed by atoms with Gasteiger partial charge < -0.3 is 20.6 Å². The fraction of sp³-hybridized carbons (Fsp3) is 0.462. The van der Waals surface area contributed by atoms with Gasteiger partial charge in [0.2, 0.25) is 11.8 Å². The molecule has 0 aromatic heterocycles. The molecular weight excluding hydrogens is 544 g/mol. The standard InChI is InChI=1S/C26H29F6N5O3/c27-25(28,29)18-10-17(11-19(12-18)26(30,31)32)13-34-24(40)36-9-7-22(38)37-20(6-8-33)23(39)35(15-21(36)37)14-16-4-2-1-3-5-16/h1-5,10-12,20-21,24,34,40H,6-9,13-15,33H2/t20-,21+,24?/m0/s1. The second-order valence-electron chi connectivity index (χ2n) is 9.74. The van der Waals surface area contributed by atoms with Gasteiger partial charge in [-0.05, 0) is 42.3 Å². The Balaban J connectivity index is 1.56. The van der Waals surface area contributed by atoms with Gasteiger partial charge in [0, 0.05) is 26.1 Å². The lowest BCUT2D eigenvalue weighted by molar-refractivity contribution is -0.185. The van der Waals surface area contributed by atoms with Crippen molar-refractivity contribution in [3.63, 3.8) is 0 Å². The molecule has 0 bridgehead atoms. The maximum Gasteiger partial charge on any atom is 0.416 e. The van der Waals surface area contributed by atoms with E-state index in [9.17, 15) is 41.0 Å². The van der Waals surface area contributed by atoms with Gasteiger partial charge in [0.25, 0.3) is 0 Å². The van der Waals surface area contributed by atoms with E-state index >= 15 is 0 Å². The Hall–Kier alpha value is -3.20. The van der Waals surface area contributed by atoms with Crippen LogP contribution in [-0.4, -0.2) is 69.8 Å². The van der Waals surface area contributed by atoms with E-state index in [1.165, 1.54) is 9.80 Å². The van der Waals surface area contributed by atoms with Crippen LogP contribution in [0.4, 0.5) is 26.3 Å². The molecule has 2 aliphatic rings. The highest BCUT2D eigenvalue weighted by atomic mass is 19.4. The number of piperazine rings is 1. The summed E-state index contributed by atoms with van der Waals surface area (Å²) in [6.45, 7) is -0.0936. The maximum atomic E-state index is 13.3. The number of amides is 2. The van der Waals surface area contributed by atoms with Gasteiger partial charge in [-0.25, -0.2) is 4.90 Å². The first-order valence-electron chi connectivity index (χ1n) is 12.6. The second-order valence-corrected chi connectivity index (χ2v) is 9.74. The van der Waals surface area contributed by atoms with Crippen molar-refractivity contribution in [1.29, 1.82) is 0 Å². The van der Waals surface area contributed by atoms with Gasteiger partial charge in [-0.15, -0.1) is 0 Å². The SMILES string of the molecule is NCC[C@H]1C(=O)N(Cc2ccccc2)C[C@@H]2N(C(O)NCc3cc(C(F)(F)F)cc(C(F)(F)F)c3)CCC(=O)N21. The van der Waals surface area contributed by atoms with Crippen LogP contribution in [0, 0.1) is 0 Å². The number of fused-ring (bicyclic) bond motifs is 1. The highest BCUT2D eigenvalue weighted by Crippen LogP contribution is 2.36. The Bertz CT molecular complexity index is 1180. The fourth-order valence-corrected chi connectivity index (χ4v) is 5.12. The summed E-state index contributed by atoms with van der Waals surface area (Å²) in [6, 6.07) is 9.44. The van der Waals surface area contributed by atoms with E-state index in [4.69, 9.17) is 5.73 Å². The third-order valence-corrected chi connectivity index (χ3v) is 7.00. The normalized spacial score (nSPS) is 21.5. The topological polar surface area (TPSA) is 102 Å². The number of rotatable bonds is 8. The average molecular weight is 574 g/mol. The van der Waals surface area contributed by atoms with Crippen LogP contribution in [0.25, 0.3) is 0 Å². The number of hydrogen-bond acceptors (Lipinski definition) is 6. The van der Waals surface area contributed by atoms with Crippen molar-refractivity contribution in [2.45, 2.75) is 56.8 Å². The molecule has 0 spiro atoms. The van der Waals surface area contributed by atoms with Crippen molar-refractivity contribution in [2.24, 2.45) is 5.73 Å². The number of carbonyl (C=O) groups excluding carboxylic acids is 2. The lowest BCUT2D eigenvalue weighted by Gasteiger charge is -2.53. The van der Waals surface area contributed by atoms with Crippen LogP contribution in [-0.2, 0) is 35.0 Å². The average Bonchev–Trinajstić information content (AvgIpc) is 2.89. The van der Waals surface area contributed by atoms with Gasteiger partial charge in [-0.2, -0.15) is 26.3 Å². The van der Waals surface area contributed by atoms with Gasteiger partial charge in [-0.3, -0.25) is 14.9 Å². The number of nitrogens with one attached hydrogen (secondary N) is 1. The van der Waals surface area contributed by atoms with Crippen LogP contribution in [0.2, 0.25) is 0 Å². The van der Waals surface area contributed by atoms with Gasteiger partial charge in [0.1, 0.15) is 12.2 Å². The Kier molecular flexibility index (Phi) is 8.73. The molecular formula is C26H29F6N5O3. The monoisotopic (exact) mass is 573 g/mol. The minimum absolute atomic E-state index is 0.0288. The first kappa shape index (κ1) is 29.8. The quantitative estimate of drug-likeness (QED) is 0.332. The fourth-order valence-electron chi connectivity index (χ4n) is 5.12. The number of carbonyl (C=O) groups is 2. The molecule has 0 aliphatic carbocycles. The highest BCUT2D eigenvalue weighted by Gasteiger charge is 2.48. The zero-order chi connectivity index (χ0) is 29.2. The van der Waals surface area contributed by atoms with Crippen LogP contribution in [0.5, 0.6) is 0 Å². The van der Waals surface area contributed by atoms with E-state index in [-0.39, 0.29) is 62.5 Å². The van der Waals surface area contributed by atoms with Gasteiger partial charge in [0.15, 0.2) is 6.35 Å². The Morgan fingerprint density at radius 3 is 2.17 bits per heavy atom. The predicted octanol–water partition coefficient (Wildman–Crippen LogP) is 2.71. The Labute approximate surface area is 226 Å². The van der Waals surface area contributed by atoms with Crippen molar-refractivity contribution >= 4 is 11.8 Å². The number of aliphatic hydroxyl groups excluding tert-OH is 1. The van der Waals surface area contributed by atoms with Crippen LogP contribution < -0.4 is 11.1 Å². The Morgan fingerprint density at radius 1 is 0.975 bits per heavy atom. The van der Waals surface area contributed by atoms with Crippen molar-refractivity contribution in [3.05, 3.63) is 70.8 Å². The molecule has 0 saturated carbocycles. The van der Waals surface area contributed by atoms with Crippen LogP contribution in [0.15, 0.2) is 48.5 Å². The van der Waals surface area contributed by atoms with E-state index in [0.717, 1.165) is 5.56 Å². The summed E-state index contributed by atoms with van der Waals surface area (Å²) in [6.07, 6.45) is -12.2. The smallest absolute Gasteiger partial charge is 0.365 e. The molecule has 2 saturated heterocycles. The number of alkyl halides is 6.